The largest absolute Gasteiger partial charge is 0.453 e. The maximum absolute atomic E-state index is 13.9. The van der Waals surface area contributed by atoms with Crippen molar-refractivity contribution < 1.29 is 23.5 Å². The average molecular weight is 372 g/mol. The molecule has 0 spiro atoms. The molecule has 7 heteroatoms. The lowest BCUT2D eigenvalue weighted by Crippen LogP contribution is -2.44. The Morgan fingerprint density at radius 1 is 1.07 bits per heavy atom. The maximum atomic E-state index is 13.9. The molecule has 1 heterocycles. The smallest absolute Gasteiger partial charge is 0.411 e. The molecule has 0 radical (unpaired) electrons. The van der Waals surface area contributed by atoms with Gasteiger partial charge in [0.2, 0.25) is 5.91 Å². The topological polar surface area (TPSA) is 76.7 Å². The first kappa shape index (κ1) is 18.8. The standard InChI is InChI=1S/C20H21FN2O4/c1-26-19(25)23-17-13-15(7-8-16(17)21)22-18(24)20(9-11-27-12-10-20)14-5-3-2-4-6-14/h2-8,13H,9-12H2,1H3,(H,22,24)(H,23,25). The Kier molecular flexibility index (Phi) is 5.71. The molecule has 0 atom stereocenters. The van der Waals surface area contributed by atoms with Crippen LogP contribution in [-0.4, -0.2) is 32.3 Å². The van der Waals surface area contributed by atoms with Crippen molar-refractivity contribution >= 4 is 23.4 Å². The number of nitrogens with one attached hydrogen (secondary N) is 2. The van der Waals surface area contributed by atoms with Gasteiger partial charge in [0.15, 0.2) is 0 Å². The molecule has 0 aromatic heterocycles. The predicted octanol–water partition coefficient (Wildman–Crippen LogP) is 3.69. The number of amides is 2. The number of anilines is 2. The van der Waals surface area contributed by atoms with E-state index in [1.54, 1.807) is 0 Å². The SMILES string of the molecule is COC(=O)Nc1cc(NC(=O)C2(c3ccccc3)CCOCC2)ccc1F. The number of hydrogen-bond donors (Lipinski definition) is 2. The van der Waals surface area contributed by atoms with Crippen molar-refractivity contribution in [3.63, 3.8) is 0 Å². The molecule has 6 nitrogen and oxygen atoms in total. The highest BCUT2D eigenvalue weighted by atomic mass is 19.1. The van der Waals surface area contributed by atoms with Crippen molar-refractivity contribution in [3.05, 3.63) is 59.9 Å². The summed E-state index contributed by atoms with van der Waals surface area (Å²) in [5.41, 5.74) is 0.514. The number of carbonyl (C=O) groups excluding carboxylic acids is 2. The summed E-state index contributed by atoms with van der Waals surface area (Å²) < 4.78 is 23.8. The summed E-state index contributed by atoms with van der Waals surface area (Å²) in [5.74, 6) is -0.810. The van der Waals surface area contributed by atoms with Gasteiger partial charge in [-0.2, -0.15) is 0 Å². The molecule has 2 N–H and O–H groups in total. The van der Waals surface area contributed by atoms with Crippen LogP contribution in [0.1, 0.15) is 18.4 Å². The highest BCUT2D eigenvalue weighted by Crippen LogP contribution is 2.36. The fraction of sp³-hybridized carbons (Fsp3) is 0.300. The minimum atomic E-state index is -0.789. The van der Waals surface area contributed by atoms with Gasteiger partial charge in [-0.25, -0.2) is 9.18 Å². The van der Waals surface area contributed by atoms with E-state index in [4.69, 9.17) is 4.74 Å². The number of rotatable bonds is 4. The average Bonchev–Trinajstić information content (AvgIpc) is 2.71. The Morgan fingerprint density at radius 2 is 1.78 bits per heavy atom. The quantitative estimate of drug-likeness (QED) is 0.858. The van der Waals surface area contributed by atoms with Crippen LogP contribution in [0.5, 0.6) is 0 Å². The molecule has 0 aliphatic carbocycles. The van der Waals surface area contributed by atoms with E-state index in [9.17, 15) is 14.0 Å². The van der Waals surface area contributed by atoms with Crippen LogP contribution in [-0.2, 0) is 19.7 Å². The molecule has 2 amide bonds. The molecule has 1 fully saturated rings. The number of ether oxygens (including phenoxy) is 2. The molecule has 0 saturated carbocycles. The third-order valence-corrected chi connectivity index (χ3v) is 4.75. The van der Waals surface area contributed by atoms with Crippen LogP contribution in [0.2, 0.25) is 0 Å². The van der Waals surface area contributed by atoms with Crippen molar-refractivity contribution in [2.24, 2.45) is 0 Å². The van der Waals surface area contributed by atoms with E-state index in [-0.39, 0.29) is 11.6 Å². The molecular weight excluding hydrogens is 351 g/mol. The van der Waals surface area contributed by atoms with Gasteiger partial charge in [-0.15, -0.1) is 0 Å². The van der Waals surface area contributed by atoms with Gasteiger partial charge in [0.05, 0.1) is 18.2 Å². The van der Waals surface area contributed by atoms with E-state index in [1.165, 1.54) is 25.3 Å². The second-order valence-corrected chi connectivity index (χ2v) is 6.33. The van der Waals surface area contributed by atoms with Crippen LogP contribution in [0.4, 0.5) is 20.6 Å². The Bertz CT molecular complexity index is 820. The minimum Gasteiger partial charge on any atom is -0.453 e. The number of hydrogen-bond acceptors (Lipinski definition) is 4. The number of halogens is 1. The Labute approximate surface area is 156 Å². The van der Waals surface area contributed by atoms with Crippen LogP contribution in [0, 0.1) is 5.82 Å². The first-order chi connectivity index (χ1) is 13.0. The lowest BCUT2D eigenvalue weighted by atomic mass is 9.73. The van der Waals surface area contributed by atoms with Gasteiger partial charge < -0.3 is 14.8 Å². The lowest BCUT2D eigenvalue weighted by molar-refractivity contribution is -0.125. The molecule has 0 unspecified atom stereocenters. The zero-order chi connectivity index (χ0) is 19.3. The minimum absolute atomic E-state index is 0.0691. The van der Waals surface area contributed by atoms with Crippen molar-refractivity contribution in [3.8, 4) is 0 Å². The predicted molar refractivity (Wildman–Crippen MR) is 99.2 cm³/mol. The second-order valence-electron chi connectivity index (χ2n) is 6.33. The third-order valence-electron chi connectivity index (χ3n) is 4.75. The van der Waals surface area contributed by atoms with Crippen molar-refractivity contribution in [1.82, 2.24) is 0 Å². The van der Waals surface area contributed by atoms with E-state index in [2.05, 4.69) is 15.4 Å². The van der Waals surface area contributed by atoms with Crippen LogP contribution >= 0.6 is 0 Å². The van der Waals surface area contributed by atoms with Crippen LogP contribution < -0.4 is 10.6 Å². The Morgan fingerprint density at radius 3 is 2.44 bits per heavy atom. The normalized spacial score (nSPS) is 15.6. The molecule has 2 aromatic rings. The second kappa shape index (κ2) is 8.18. The van der Waals surface area contributed by atoms with Crippen molar-refractivity contribution in [2.45, 2.75) is 18.3 Å². The number of carbonyl (C=O) groups is 2. The summed E-state index contributed by atoms with van der Waals surface area (Å²) in [6.07, 6.45) is 0.316. The highest BCUT2D eigenvalue weighted by Gasteiger charge is 2.41. The van der Waals surface area contributed by atoms with Crippen molar-refractivity contribution in [1.29, 1.82) is 0 Å². The Balaban J connectivity index is 1.86. The number of methoxy groups -OCH3 is 1. The molecule has 1 aliphatic rings. The van der Waals surface area contributed by atoms with E-state index < -0.39 is 17.3 Å². The molecule has 0 bridgehead atoms. The maximum Gasteiger partial charge on any atom is 0.411 e. The molecule has 3 rings (SSSR count). The summed E-state index contributed by atoms with van der Waals surface area (Å²) in [5, 5.41) is 5.14. The summed E-state index contributed by atoms with van der Waals surface area (Å²) in [4.78, 5) is 24.5. The Hall–Kier alpha value is -2.93. The van der Waals surface area contributed by atoms with E-state index >= 15 is 0 Å². The first-order valence-electron chi connectivity index (χ1n) is 8.64. The monoisotopic (exact) mass is 372 g/mol. The van der Waals surface area contributed by atoms with Gasteiger partial charge in [-0.05, 0) is 36.6 Å². The fourth-order valence-corrected chi connectivity index (χ4v) is 3.23. The summed E-state index contributed by atoms with van der Waals surface area (Å²) in [7, 11) is 1.19. The zero-order valence-corrected chi connectivity index (χ0v) is 15.0. The van der Waals surface area contributed by atoms with Gasteiger partial charge in [0.1, 0.15) is 5.82 Å². The van der Waals surface area contributed by atoms with Crippen molar-refractivity contribution in [2.75, 3.05) is 31.0 Å². The molecule has 142 valence electrons. The number of benzene rings is 2. The molecule has 1 aliphatic heterocycles. The van der Waals surface area contributed by atoms with Crippen LogP contribution in [0.25, 0.3) is 0 Å². The summed E-state index contributed by atoms with van der Waals surface area (Å²) >= 11 is 0. The highest BCUT2D eigenvalue weighted by molar-refractivity contribution is 6.00. The van der Waals surface area contributed by atoms with Crippen LogP contribution in [0.3, 0.4) is 0 Å². The third kappa shape index (κ3) is 4.09. The zero-order valence-electron chi connectivity index (χ0n) is 15.0. The van der Waals surface area contributed by atoms with Gasteiger partial charge in [0, 0.05) is 18.9 Å². The molecule has 1 saturated heterocycles. The van der Waals surface area contributed by atoms with Gasteiger partial charge >= 0.3 is 6.09 Å². The first-order valence-corrected chi connectivity index (χ1v) is 8.64. The molecular formula is C20H21FN2O4. The molecule has 2 aromatic carbocycles. The van der Waals surface area contributed by atoms with Gasteiger partial charge in [-0.3, -0.25) is 10.1 Å². The fourth-order valence-electron chi connectivity index (χ4n) is 3.23. The lowest BCUT2D eigenvalue weighted by Gasteiger charge is -2.36. The van der Waals surface area contributed by atoms with E-state index in [1.807, 2.05) is 30.3 Å². The van der Waals surface area contributed by atoms with E-state index in [0.29, 0.717) is 31.7 Å². The summed E-state index contributed by atoms with van der Waals surface area (Å²) in [6.45, 7) is 0.974. The summed E-state index contributed by atoms with van der Waals surface area (Å²) in [6, 6.07) is 13.6. The van der Waals surface area contributed by atoms with Crippen LogP contribution in [0.15, 0.2) is 48.5 Å². The van der Waals surface area contributed by atoms with E-state index in [0.717, 1.165) is 5.56 Å². The van der Waals surface area contributed by atoms with Gasteiger partial charge in [0.25, 0.3) is 0 Å². The molecule has 27 heavy (non-hydrogen) atoms. The van der Waals surface area contributed by atoms with Gasteiger partial charge in [-0.1, -0.05) is 30.3 Å².